The molecular formula is C18H17ClN4O2. The van der Waals surface area contributed by atoms with E-state index >= 15 is 0 Å². The third-order valence-electron chi connectivity index (χ3n) is 3.64. The molecule has 0 spiro atoms. The number of ether oxygens (including phenoxy) is 1. The van der Waals surface area contributed by atoms with Crippen LogP contribution in [0.1, 0.15) is 18.5 Å². The lowest BCUT2D eigenvalue weighted by Gasteiger charge is -2.15. The molecule has 0 aliphatic carbocycles. The summed E-state index contributed by atoms with van der Waals surface area (Å²) in [5, 5.41) is 7.61. The lowest BCUT2D eigenvalue weighted by atomic mass is 10.1. The van der Waals surface area contributed by atoms with E-state index in [9.17, 15) is 4.79 Å². The molecule has 0 saturated carbocycles. The van der Waals surface area contributed by atoms with E-state index in [1.54, 1.807) is 35.3 Å². The first kappa shape index (κ1) is 17.0. The molecule has 1 atom stereocenters. The van der Waals surface area contributed by atoms with Crippen molar-refractivity contribution in [1.29, 1.82) is 0 Å². The first-order valence-corrected chi connectivity index (χ1v) is 8.12. The molecule has 1 N–H and O–H groups in total. The van der Waals surface area contributed by atoms with Crippen LogP contribution in [0.4, 0.5) is 0 Å². The lowest BCUT2D eigenvalue weighted by molar-refractivity contribution is -0.123. The molecule has 0 saturated heterocycles. The number of nitrogens with zero attached hydrogens (tertiary/aromatic N) is 3. The summed E-state index contributed by atoms with van der Waals surface area (Å²) in [5.41, 5.74) is 1.90. The van der Waals surface area contributed by atoms with Crippen molar-refractivity contribution < 1.29 is 9.53 Å². The number of benzene rings is 2. The molecule has 1 aromatic heterocycles. The summed E-state index contributed by atoms with van der Waals surface area (Å²) in [6.45, 7) is 1.87. The second-order valence-electron chi connectivity index (χ2n) is 5.46. The van der Waals surface area contributed by atoms with Crippen LogP contribution in [-0.2, 0) is 4.79 Å². The van der Waals surface area contributed by atoms with E-state index in [2.05, 4.69) is 15.4 Å². The van der Waals surface area contributed by atoms with Gasteiger partial charge in [-0.05, 0) is 48.9 Å². The van der Waals surface area contributed by atoms with Crippen LogP contribution >= 0.6 is 11.6 Å². The van der Waals surface area contributed by atoms with E-state index in [1.807, 2.05) is 31.2 Å². The number of rotatable bonds is 6. The summed E-state index contributed by atoms with van der Waals surface area (Å²) in [5.74, 6) is 0.409. The quantitative estimate of drug-likeness (QED) is 0.736. The zero-order valence-electron chi connectivity index (χ0n) is 13.6. The van der Waals surface area contributed by atoms with Gasteiger partial charge in [-0.3, -0.25) is 4.79 Å². The zero-order chi connectivity index (χ0) is 17.6. The summed E-state index contributed by atoms with van der Waals surface area (Å²) in [6.07, 6.45) is 3.12. The Morgan fingerprint density at radius 2 is 1.92 bits per heavy atom. The number of amides is 1. The molecule has 0 aliphatic rings. The average molecular weight is 357 g/mol. The van der Waals surface area contributed by atoms with Crippen LogP contribution in [-0.4, -0.2) is 27.3 Å². The molecule has 7 heteroatoms. The Morgan fingerprint density at radius 1 is 1.20 bits per heavy atom. The largest absolute Gasteiger partial charge is 0.484 e. The second-order valence-corrected chi connectivity index (χ2v) is 5.90. The minimum atomic E-state index is -0.192. The van der Waals surface area contributed by atoms with Gasteiger partial charge in [-0.25, -0.2) is 9.67 Å². The van der Waals surface area contributed by atoms with Crippen LogP contribution in [0.3, 0.4) is 0 Å². The van der Waals surface area contributed by atoms with Crippen molar-refractivity contribution in [1.82, 2.24) is 20.1 Å². The zero-order valence-corrected chi connectivity index (χ0v) is 14.3. The molecule has 6 nitrogen and oxygen atoms in total. The molecule has 0 aliphatic heterocycles. The number of carbonyl (C=O) groups excluding carboxylic acids is 1. The normalized spacial score (nSPS) is 11.8. The van der Waals surface area contributed by atoms with Gasteiger partial charge in [0, 0.05) is 5.02 Å². The van der Waals surface area contributed by atoms with Crippen molar-refractivity contribution in [3.63, 3.8) is 0 Å². The maximum Gasteiger partial charge on any atom is 0.258 e. The molecule has 3 aromatic rings. The van der Waals surface area contributed by atoms with Crippen molar-refractivity contribution in [3.05, 3.63) is 71.8 Å². The summed E-state index contributed by atoms with van der Waals surface area (Å²) in [6, 6.07) is 14.5. The van der Waals surface area contributed by atoms with Gasteiger partial charge in [0.25, 0.3) is 5.91 Å². The molecular weight excluding hydrogens is 340 g/mol. The van der Waals surface area contributed by atoms with E-state index in [0.717, 1.165) is 11.3 Å². The number of hydrogen-bond donors (Lipinski definition) is 1. The van der Waals surface area contributed by atoms with E-state index in [4.69, 9.17) is 16.3 Å². The van der Waals surface area contributed by atoms with Crippen molar-refractivity contribution in [2.45, 2.75) is 13.0 Å². The van der Waals surface area contributed by atoms with Gasteiger partial charge >= 0.3 is 0 Å². The van der Waals surface area contributed by atoms with Gasteiger partial charge in [-0.2, -0.15) is 5.10 Å². The summed E-state index contributed by atoms with van der Waals surface area (Å²) in [4.78, 5) is 16.0. The highest BCUT2D eigenvalue weighted by molar-refractivity contribution is 6.30. The maximum atomic E-state index is 12.0. The highest BCUT2D eigenvalue weighted by Gasteiger charge is 2.10. The second kappa shape index (κ2) is 7.81. The fourth-order valence-corrected chi connectivity index (χ4v) is 2.43. The third-order valence-corrected chi connectivity index (χ3v) is 3.89. The van der Waals surface area contributed by atoms with Crippen molar-refractivity contribution in [2.24, 2.45) is 0 Å². The van der Waals surface area contributed by atoms with Crippen molar-refractivity contribution >= 4 is 17.5 Å². The van der Waals surface area contributed by atoms with Crippen LogP contribution < -0.4 is 10.1 Å². The molecule has 128 valence electrons. The van der Waals surface area contributed by atoms with Gasteiger partial charge in [-0.15, -0.1) is 0 Å². The molecule has 0 unspecified atom stereocenters. The summed E-state index contributed by atoms with van der Waals surface area (Å²) < 4.78 is 7.11. The standard InChI is InChI=1S/C18H17ClN4O2/c1-13(14-2-6-16(7-3-14)23-12-20-11-21-23)22-18(24)10-25-17-8-4-15(19)5-9-17/h2-9,11-13H,10H2,1H3,(H,22,24)/t13-/m1/s1. The van der Waals surface area contributed by atoms with E-state index < -0.39 is 0 Å². The van der Waals surface area contributed by atoms with Crippen LogP contribution in [0, 0.1) is 0 Å². The smallest absolute Gasteiger partial charge is 0.258 e. The Hall–Kier alpha value is -2.86. The van der Waals surface area contributed by atoms with E-state index in [1.165, 1.54) is 6.33 Å². The molecule has 1 heterocycles. The monoisotopic (exact) mass is 356 g/mol. The number of nitrogens with one attached hydrogen (secondary N) is 1. The van der Waals surface area contributed by atoms with Gasteiger partial charge < -0.3 is 10.1 Å². The molecule has 2 aromatic carbocycles. The van der Waals surface area contributed by atoms with Crippen LogP contribution in [0.2, 0.25) is 5.02 Å². The van der Waals surface area contributed by atoms with Gasteiger partial charge in [0.1, 0.15) is 18.4 Å². The van der Waals surface area contributed by atoms with Gasteiger partial charge in [0.05, 0.1) is 11.7 Å². The third kappa shape index (κ3) is 4.58. The number of carbonyl (C=O) groups is 1. The Labute approximate surface area is 150 Å². The Balaban J connectivity index is 1.53. The Kier molecular flexibility index (Phi) is 5.30. The van der Waals surface area contributed by atoms with Crippen LogP contribution in [0.15, 0.2) is 61.2 Å². The average Bonchev–Trinajstić information content (AvgIpc) is 3.16. The van der Waals surface area contributed by atoms with Crippen LogP contribution in [0.25, 0.3) is 5.69 Å². The van der Waals surface area contributed by atoms with Crippen LogP contribution in [0.5, 0.6) is 5.75 Å². The van der Waals surface area contributed by atoms with E-state index in [0.29, 0.717) is 10.8 Å². The molecule has 0 fully saturated rings. The fraction of sp³-hybridized carbons (Fsp3) is 0.167. The predicted octanol–water partition coefficient (Wildman–Crippen LogP) is 3.18. The maximum absolute atomic E-state index is 12.0. The van der Waals surface area contributed by atoms with Gasteiger partial charge in [0.2, 0.25) is 0 Å². The highest BCUT2D eigenvalue weighted by atomic mass is 35.5. The molecule has 0 bridgehead atoms. The van der Waals surface area contributed by atoms with Gasteiger partial charge in [0.15, 0.2) is 6.61 Å². The SMILES string of the molecule is C[C@@H](NC(=O)COc1ccc(Cl)cc1)c1ccc(-n2cncn2)cc1. The molecule has 25 heavy (non-hydrogen) atoms. The molecule has 3 rings (SSSR count). The minimum absolute atomic E-state index is 0.0526. The predicted molar refractivity (Wildman–Crippen MR) is 94.9 cm³/mol. The molecule has 0 radical (unpaired) electrons. The number of hydrogen-bond acceptors (Lipinski definition) is 4. The topological polar surface area (TPSA) is 69.0 Å². The lowest BCUT2D eigenvalue weighted by Crippen LogP contribution is -2.31. The first-order valence-electron chi connectivity index (χ1n) is 7.74. The summed E-state index contributed by atoms with van der Waals surface area (Å²) >= 11 is 5.81. The highest BCUT2D eigenvalue weighted by Crippen LogP contribution is 2.17. The van der Waals surface area contributed by atoms with E-state index in [-0.39, 0.29) is 18.6 Å². The summed E-state index contributed by atoms with van der Waals surface area (Å²) in [7, 11) is 0. The fourth-order valence-electron chi connectivity index (χ4n) is 2.30. The first-order chi connectivity index (χ1) is 12.1. The molecule has 1 amide bonds. The minimum Gasteiger partial charge on any atom is -0.484 e. The number of halogens is 1. The Bertz CT molecular complexity index is 817. The Morgan fingerprint density at radius 3 is 2.56 bits per heavy atom. The number of aromatic nitrogens is 3. The van der Waals surface area contributed by atoms with Gasteiger partial charge in [-0.1, -0.05) is 23.7 Å². The van der Waals surface area contributed by atoms with Crippen molar-refractivity contribution in [2.75, 3.05) is 6.61 Å². The van der Waals surface area contributed by atoms with Crippen molar-refractivity contribution in [3.8, 4) is 11.4 Å².